The van der Waals surface area contributed by atoms with Crippen molar-refractivity contribution in [2.75, 3.05) is 12.0 Å². The molecule has 5 nitrogen and oxygen atoms in total. The van der Waals surface area contributed by atoms with Crippen molar-refractivity contribution in [3.05, 3.63) is 54.1 Å². The second kappa shape index (κ2) is 7.78. The molecule has 0 unspecified atom stereocenters. The first-order chi connectivity index (χ1) is 14.0. The maximum atomic E-state index is 13.8. The van der Waals surface area contributed by atoms with Gasteiger partial charge in [-0.3, -0.25) is 9.59 Å². The Morgan fingerprint density at radius 3 is 2.03 bits per heavy atom. The minimum atomic E-state index is -0.455. The summed E-state index contributed by atoms with van der Waals surface area (Å²) in [4.78, 5) is 27.2. The van der Waals surface area contributed by atoms with Crippen LogP contribution in [0.5, 0.6) is 11.5 Å². The average Bonchev–Trinajstić information content (AvgIpc) is 3.10. The second-order valence-electron chi connectivity index (χ2n) is 9.12. The smallest absolute Gasteiger partial charge is 0.308 e. The number of para-hydroxylation sites is 1. The highest BCUT2D eigenvalue weighted by atomic mass is 16.5. The van der Waals surface area contributed by atoms with Gasteiger partial charge in [-0.05, 0) is 60.1 Å². The largest absolute Gasteiger partial charge is 0.497 e. The summed E-state index contributed by atoms with van der Waals surface area (Å²) >= 11 is 0. The van der Waals surface area contributed by atoms with Gasteiger partial charge in [-0.15, -0.1) is 0 Å². The zero-order valence-corrected chi connectivity index (χ0v) is 18.9. The summed E-state index contributed by atoms with van der Waals surface area (Å²) in [5, 5.41) is 0. The van der Waals surface area contributed by atoms with Gasteiger partial charge in [0.05, 0.1) is 12.7 Å². The number of esters is 1. The quantitative estimate of drug-likeness (QED) is 0.477. The molecule has 1 aliphatic rings. The van der Waals surface area contributed by atoms with Crippen molar-refractivity contribution in [1.82, 2.24) is 0 Å². The van der Waals surface area contributed by atoms with Crippen molar-refractivity contribution >= 4 is 17.6 Å². The van der Waals surface area contributed by atoms with Crippen molar-refractivity contribution < 1.29 is 19.1 Å². The molecule has 1 saturated carbocycles. The van der Waals surface area contributed by atoms with Crippen LogP contribution in [-0.2, 0) is 4.79 Å². The fraction of sp³-hybridized carbons (Fsp3) is 0.440. The maximum absolute atomic E-state index is 13.8. The van der Waals surface area contributed by atoms with Crippen LogP contribution in [-0.4, -0.2) is 25.0 Å². The minimum Gasteiger partial charge on any atom is -0.497 e. The van der Waals surface area contributed by atoms with Gasteiger partial charge in [0.25, 0.3) is 5.91 Å². The van der Waals surface area contributed by atoms with E-state index in [0.717, 1.165) is 11.4 Å². The third kappa shape index (κ3) is 3.69. The van der Waals surface area contributed by atoms with Crippen molar-refractivity contribution in [2.24, 2.45) is 16.7 Å². The predicted octanol–water partition coefficient (Wildman–Crippen LogP) is 5.34. The Morgan fingerprint density at radius 2 is 1.53 bits per heavy atom. The van der Waals surface area contributed by atoms with Crippen LogP contribution in [0, 0.1) is 16.7 Å². The van der Waals surface area contributed by atoms with Gasteiger partial charge in [0, 0.05) is 18.7 Å². The first-order valence-electron chi connectivity index (χ1n) is 10.3. The number of methoxy groups -OCH3 is 1. The molecule has 0 saturated heterocycles. The van der Waals surface area contributed by atoms with Gasteiger partial charge in [0.1, 0.15) is 11.5 Å². The van der Waals surface area contributed by atoms with Crippen LogP contribution in [0.2, 0.25) is 0 Å². The molecule has 0 aliphatic heterocycles. The number of nitrogens with zero attached hydrogens (tertiary/aromatic N) is 1. The molecule has 2 aromatic carbocycles. The highest BCUT2D eigenvalue weighted by Gasteiger charge is 2.67. The number of hydrogen-bond acceptors (Lipinski definition) is 4. The molecule has 0 spiro atoms. The van der Waals surface area contributed by atoms with Crippen LogP contribution >= 0.6 is 0 Å². The monoisotopic (exact) mass is 409 g/mol. The Labute approximate surface area is 179 Å². The number of amides is 1. The van der Waals surface area contributed by atoms with Crippen molar-refractivity contribution in [2.45, 2.75) is 47.6 Å². The number of ether oxygens (including phenoxy) is 2. The number of hydrogen-bond donors (Lipinski definition) is 0. The molecule has 160 valence electrons. The molecule has 0 heterocycles. The molecular formula is C25H31NO4. The normalized spacial score (nSPS) is 17.7. The highest BCUT2D eigenvalue weighted by molar-refractivity contribution is 6.08. The van der Waals surface area contributed by atoms with Gasteiger partial charge in [-0.1, -0.05) is 39.8 Å². The summed E-state index contributed by atoms with van der Waals surface area (Å²) in [5.41, 5.74) is 1.36. The molecule has 0 N–H and O–H groups in total. The lowest BCUT2D eigenvalue weighted by molar-refractivity contribution is -0.131. The molecule has 1 amide bonds. The third-order valence-corrected chi connectivity index (χ3v) is 6.96. The Morgan fingerprint density at radius 1 is 0.967 bits per heavy atom. The van der Waals surface area contributed by atoms with E-state index < -0.39 is 5.97 Å². The van der Waals surface area contributed by atoms with Crippen molar-refractivity contribution in [3.63, 3.8) is 0 Å². The summed E-state index contributed by atoms with van der Waals surface area (Å²) in [5.74, 6) is 0.671. The van der Waals surface area contributed by atoms with Crippen molar-refractivity contribution in [3.8, 4) is 11.5 Å². The SMILES string of the molecule is COc1ccc(N(C(=O)c2ccccc2OC(C)=O)[C@@H](C)C2C(C)(C)C2(C)C)cc1. The van der Waals surface area contributed by atoms with E-state index in [1.165, 1.54) is 6.92 Å². The van der Waals surface area contributed by atoms with Crippen LogP contribution in [0.1, 0.15) is 51.9 Å². The van der Waals surface area contributed by atoms with Gasteiger partial charge < -0.3 is 14.4 Å². The van der Waals surface area contributed by atoms with E-state index in [4.69, 9.17) is 9.47 Å². The van der Waals surface area contributed by atoms with Crippen molar-refractivity contribution in [1.29, 1.82) is 0 Å². The van der Waals surface area contributed by atoms with Crippen LogP contribution in [0.3, 0.4) is 0 Å². The first kappa shape index (κ1) is 21.9. The molecule has 2 aromatic rings. The fourth-order valence-electron chi connectivity index (χ4n) is 4.90. The maximum Gasteiger partial charge on any atom is 0.308 e. The molecule has 1 atom stereocenters. The zero-order chi connectivity index (χ0) is 22.3. The van der Waals surface area contributed by atoms with E-state index in [-0.39, 0.29) is 28.5 Å². The van der Waals surface area contributed by atoms with E-state index in [1.54, 1.807) is 31.4 Å². The lowest BCUT2D eigenvalue weighted by Crippen LogP contribution is -2.41. The lowest BCUT2D eigenvalue weighted by atomic mass is 10.0. The number of benzene rings is 2. The summed E-state index contributed by atoms with van der Waals surface area (Å²) in [6.45, 7) is 12.4. The number of rotatable bonds is 6. The molecule has 5 heteroatoms. The summed E-state index contributed by atoms with van der Waals surface area (Å²) in [6.07, 6.45) is 0. The lowest BCUT2D eigenvalue weighted by Gasteiger charge is -2.31. The van der Waals surface area contributed by atoms with Crippen LogP contribution < -0.4 is 14.4 Å². The summed E-state index contributed by atoms with van der Waals surface area (Å²) in [6, 6.07) is 14.3. The molecular weight excluding hydrogens is 378 g/mol. The molecule has 1 fully saturated rings. The van der Waals surface area contributed by atoms with Crippen LogP contribution in [0.4, 0.5) is 5.69 Å². The number of carbonyl (C=O) groups excluding carboxylic acids is 2. The second-order valence-corrected chi connectivity index (χ2v) is 9.12. The van der Waals surface area contributed by atoms with E-state index in [0.29, 0.717) is 11.5 Å². The first-order valence-corrected chi connectivity index (χ1v) is 10.3. The van der Waals surface area contributed by atoms with Gasteiger partial charge in [0.2, 0.25) is 0 Å². The van der Waals surface area contributed by atoms with E-state index >= 15 is 0 Å². The molecule has 0 radical (unpaired) electrons. The summed E-state index contributed by atoms with van der Waals surface area (Å²) < 4.78 is 10.6. The van der Waals surface area contributed by atoms with Gasteiger partial charge in [-0.25, -0.2) is 0 Å². The zero-order valence-electron chi connectivity index (χ0n) is 18.9. The molecule has 30 heavy (non-hydrogen) atoms. The minimum absolute atomic E-state index is 0.0544. The molecule has 0 aromatic heterocycles. The number of carbonyl (C=O) groups is 2. The van der Waals surface area contributed by atoms with Crippen LogP contribution in [0.25, 0.3) is 0 Å². The van der Waals surface area contributed by atoms with E-state index in [2.05, 4.69) is 34.6 Å². The topological polar surface area (TPSA) is 55.8 Å². The van der Waals surface area contributed by atoms with Crippen LogP contribution in [0.15, 0.2) is 48.5 Å². The van der Waals surface area contributed by atoms with Gasteiger partial charge in [0.15, 0.2) is 0 Å². The Balaban J connectivity index is 2.06. The molecule has 0 bridgehead atoms. The average molecular weight is 410 g/mol. The predicted molar refractivity (Wildman–Crippen MR) is 118 cm³/mol. The summed E-state index contributed by atoms with van der Waals surface area (Å²) in [7, 11) is 1.62. The Bertz CT molecular complexity index is 932. The van der Waals surface area contributed by atoms with E-state index in [1.807, 2.05) is 29.2 Å². The fourth-order valence-corrected chi connectivity index (χ4v) is 4.90. The highest BCUT2D eigenvalue weighted by Crippen LogP contribution is 2.70. The van der Waals surface area contributed by atoms with Gasteiger partial charge >= 0.3 is 5.97 Å². The van der Waals surface area contributed by atoms with Gasteiger partial charge in [-0.2, -0.15) is 0 Å². The standard InChI is InChI=1S/C25H31NO4/c1-16(22-24(3,4)25(22,5)6)26(18-12-14-19(29-7)15-13-18)23(28)20-10-8-9-11-21(20)30-17(2)27/h8-16,22H,1-7H3/t16-/m0/s1. The number of anilines is 1. The molecule has 1 aliphatic carbocycles. The Hall–Kier alpha value is -2.82. The Kier molecular flexibility index (Phi) is 5.68. The molecule has 3 rings (SSSR count). The van der Waals surface area contributed by atoms with E-state index in [9.17, 15) is 9.59 Å². The third-order valence-electron chi connectivity index (χ3n) is 6.96.